The third kappa shape index (κ3) is 2.99. The molecule has 0 bridgehead atoms. The lowest BCUT2D eigenvalue weighted by atomic mass is 10.0. The number of fused-ring (bicyclic) bond motifs is 1. The number of esters is 1. The van der Waals surface area contributed by atoms with Gasteiger partial charge >= 0.3 is 5.97 Å². The first-order valence-electron chi connectivity index (χ1n) is 8.52. The number of para-hydroxylation sites is 1. The summed E-state index contributed by atoms with van der Waals surface area (Å²) in [5, 5.41) is 0.730. The number of aromatic nitrogens is 1. The molecule has 7 heteroatoms. The van der Waals surface area contributed by atoms with Gasteiger partial charge in [-0.05, 0) is 43.5 Å². The van der Waals surface area contributed by atoms with Gasteiger partial charge in [-0.15, -0.1) is 11.3 Å². The lowest BCUT2D eigenvalue weighted by Crippen LogP contribution is -2.48. The summed E-state index contributed by atoms with van der Waals surface area (Å²) >= 11 is 1.52. The van der Waals surface area contributed by atoms with Crippen LogP contribution in [-0.4, -0.2) is 41.5 Å². The molecule has 1 fully saturated rings. The monoisotopic (exact) mass is 370 g/mol. The van der Waals surface area contributed by atoms with Gasteiger partial charge in [0.2, 0.25) is 0 Å². The standard InChI is InChI=1S/C19H18N2O4S/c1-24-19(23)13-7-4-5-11-21(13)18(22)15-10-9-14(25-15)17-20-12-6-2-3-8-16(12)26-17/h2-3,6,8-10,13H,4-5,7,11H2,1H3. The van der Waals surface area contributed by atoms with Crippen molar-refractivity contribution in [1.29, 1.82) is 0 Å². The molecular weight excluding hydrogens is 352 g/mol. The van der Waals surface area contributed by atoms with E-state index in [0.717, 1.165) is 28.1 Å². The third-order valence-electron chi connectivity index (χ3n) is 4.56. The Morgan fingerprint density at radius 1 is 1.23 bits per heavy atom. The zero-order valence-corrected chi connectivity index (χ0v) is 15.1. The van der Waals surface area contributed by atoms with Crippen LogP contribution in [0.25, 0.3) is 21.0 Å². The molecule has 0 saturated carbocycles. The van der Waals surface area contributed by atoms with Gasteiger partial charge in [0.15, 0.2) is 16.5 Å². The summed E-state index contributed by atoms with van der Waals surface area (Å²) < 4.78 is 11.7. The second-order valence-corrected chi connectivity index (χ2v) is 7.21. The van der Waals surface area contributed by atoms with E-state index >= 15 is 0 Å². The van der Waals surface area contributed by atoms with Gasteiger partial charge in [0.05, 0.1) is 17.3 Å². The zero-order chi connectivity index (χ0) is 18.1. The van der Waals surface area contributed by atoms with Crippen LogP contribution in [0.4, 0.5) is 0 Å². The van der Waals surface area contributed by atoms with E-state index in [1.54, 1.807) is 17.0 Å². The number of hydrogen-bond acceptors (Lipinski definition) is 6. The molecule has 1 unspecified atom stereocenters. The number of carbonyl (C=O) groups is 2. The molecule has 26 heavy (non-hydrogen) atoms. The fourth-order valence-electron chi connectivity index (χ4n) is 3.24. The lowest BCUT2D eigenvalue weighted by molar-refractivity contribution is -0.147. The lowest BCUT2D eigenvalue weighted by Gasteiger charge is -2.33. The van der Waals surface area contributed by atoms with Gasteiger partial charge in [0.25, 0.3) is 5.91 Å². The summed E-state index contributed by atoms with van der Waals surface area (Å²) in [6.45, 7) is 0.524. The molecule has 0 N–H and O–H groups in total. The van der Waals surface area contributed by atoms with E-state index in [9.17, 15) is 9.59 Å². The number of likely N-dealkylation sites (tertiary alicyclic amines) is 1. The average molecular weight is 370 g/mol. The molecule has 1 saturated heterocycles. The second-order valence-electron chi connectivity index (χ2n) is 6.18. The van der Waals surface area contributed by atoms with Gasteiger partial charge in [-0.2, -0.15) is 0 Å². The van der Waals surface area contributed by atoms with E-state index in [1.165, 1.54) is 18.4 Å². The van der Waals surface area contributed by atoms with Gasteiger partial charge in [-0.25, -0.2) is 9.78 Å². The molecule has 6 nitrogen and oxygen atoms in total. The van der Waals surface area contributed by atoms with Crippen molar-refractivity contribution in [2.45, 2.75) is 25.3 Å². The van der Waals surface area contributed by atoms with Crippen molar-refractivity contribution in [3.63, 3.8) is 0 Å². The van der Waals surface area contributed by atoms with Gasteiger partial charge in [0, 0.05) is 6.54 Å². The highest BCUT2D eigenvalue weighted by atomic mass is 32.1. The van der Waals surface area contributed by atoms with Crippen molar-refractivity contribution in [2.24, 2.45) is 0 Å². The molecule has 3 aromatic rings. The molecule has 4 rings (SSSR count). The maximum absolute atomic E-state index is 12.9. The van der Waals surface area contributed by atoms with Crippen LogP contribution in [0.3, 0.4) is 0 Å². The summed E-state index contributed by atoms with van der Waals surface area (Å²) in [4.78, 5) is 30.9. The van der Waals surface area contributed by atoms with Gasteiger partial charge < -0.3 is 14.1 Å². The van der Waals surface area contributed by atoms with Crippen molar-refractivity contribution < 1.29 is 18.7 Å². The van der Waals surface area contributed by atoms with E-state index in [0.29, 0.717) is 18.7 Å². The number of methoxy groups -OCH3 is 1. The third-order valence-corrected chi connectivity index (χ3v) is 5.61. The SMILES string of the molecule is COC(=O)C1CCCCN1C(=O)c1ccc(-c2nc3ccccc3s2)o1. The van der Waals surface area contributed by atoms with E-state index < -0.39 is 6.04 Å². The Bertz CT molecular complexity index is 928. The van der Waals surface area contributed by atoms with Crippen LogP contribution in [-0.2, 0) is 9.53 Å². The summed E-state index contributed by atoms with van der Waals surface area (Å²) in [5.41, 5.74) is 0.901. The maximum atomic E-state index is 12.9. The smallest absolute Gasteiger partial charge is 0.328 e. The molecular formula is C19H18N2O4S. The minimum Gasteiger partial charge on any atom is -0.467 e. The predicted octanol–water partition coefficient (Wildman–Crippen LogP) is 3.72. The quantitative estimate of drug-likeness (QED) is 0.657. The molecule has 3 heterocycles. The number of benzene rings is 1. The van der Waals surface area contributed by atoms with E-state index in [4.69, 9.17) is 9.15 Å². The number of furan rings is 1. The van der Waals surface area contributed by atoms with Crippen LogP contribution in [0.1, 0.15) is 29.8 Å². The highest BCUT2D eigenvalue weighted by Crippen LogP contribution is 2.32. The van der Waals surface area contributed by atoms with Crippen LogP contribution < -0.4 is 0 Å². The summed E-state index contributed by atoms with van der Waals surface area (Å²) in [6.07, 6.45) is 2.38. The number of thiazole rings is 1. The van der Waals surface area contributed by atoms with Crippen molar-refractivity contribution in [2.75, 3.05) is 13.7 Å². The number of hydrogen-bond donors (Lipinski definition) is 0. The number of nitrogens with zero attached hydrogens (tertiary/aromatic N) is 2. The van der Waals surface area contributed by atoms with Crippen molar-refractivity contribution >= 4 is 33.4 Å². The van der Waals surface area contributed by atoms with Crippen LogP contribution >= 0.6 is 11.3 Å². The summed E-state index contributed by atoms with van der Waals surface area (Å²) in [6, 6.07) is 10.7. The minimum atomic E-state index is -0.544. The molecule has 1 aromatic carbocycles. The van der Waals surface area contributed by atoms with Crippen LogP contribution in [0.2, 0.25) is 0 Å². The number of carbonyl (C=O) groups excluding carboxylic acids is 2. The number of amides is 1. The van der Waals surface area contributed by atoms with Crippen molar-refractivity contribution in [3.05, 3.63) is 42.2 Å². The van der Waals surface area contributed by atoms with Gasteiger partial charge in [-0.1, -0.05) is 12.1 Å². The number of ether oxygens (including phenoxy) is 1. The number of piperidine rings is 1. The first kappa shape index (κ1) is 16.8. The zero-order valence-electron chi connectivity index (χ0n) is 14.3. The Labute approximate surface area is 154 Å². The molecule has 1 amide bonds. The molecule has 0 radical (unpaired) electrons. The average Bonchev–Trinajstić information content (AvgIpc) is 3.33. The highest BCUT2D eigenvalue weighted by molar-refractivity contribution is 7.21. The largest absolute Gasteiger partial charge is 0.467 e. The highest BCUT2D eigenvalue weighted by Gasteiger charge is 2.34. The molecule has 1 atom stereocenters. The summed E-state index contributed by atoms with van der Waals surface area (Å²) in [7, 11) is 1.34. The van der Waals surface area contributed by atoms with Crippen LogP contribution in [0, 0.1) is 0 Å². The van der Waals surface area contributed by atoms with Crippen molar-refractivity contribution in [3.8, 4) is 10.8 Å². The molecule has 2 aromatic heterocycles. The topological polar surface area (TPSA) is 72.6 Å². The Morgan fingerprint density at radius 2 is 2.08 bits per heavy atom. The fourth-order valence-corrected chi connectivity index (χ4v) is 4.17. The maximum Gasteiger partial charge on any atom is 0.328 e. The Hall–Kier alpha value is -2.67. The molecule has 1 aliphatic heterocycles. The van der Waals surface area contributed by atoms with E-state index in [2.05, 4.69) is 4.98 Å². The molecule has 0 aliphatic carbocycles. The number of rotatable bonds is 3. The van der Waals surface area contributed by atoms with E-state index in [1.807, 2.05) is 24.3 Å². The van der Waals surface area contributed by atoms with Gasteiger partial charge in [0.1, 0.15) is 6.04 Å². The molecule has 134 valence electrons. The molecule has 1 aliphatic rings. The minimum absolute atomic E-state index is 0.218. The fraction of sp³-hybridized carbons (Fsp3) is 0.316. The van der Waals surface area contributed by atoms with Crippen LogP contribution in [0.15, 0.2) is 40.8 Å². The Morgan fingerprint density at radius 3 is 2.88 bits per heavy atom. The van der Waals surface area contributed by atoms with Crippen molar-refractivity contribution in [1.82, 2.24) is 9.88 Å². The van der Waals surface area contributed by atoms with E-state index in [-0.39, 0.29) is 17.6 Å². The Balaban J connectivity index is 1.60. The first-order chi connectivity index (χ1) is 12.7. The van der Waals surface area contributed by atoms with Gasteiger partial charge in [-0.3, -0.25) is 4.79 Å². The second kappa shape index (κ2) is 6.92. The summed E-state index contributed by atoms with van der Waals surface area (Å²) in [5.74, 6) is 0.111. The predicted molar refractivity (Wildman–Crippen MR) is 98.0 cm³/mol. The normalized spacial score (nSPS) is 17.4. The van der Waals surface area contributed by atoms with Crippen LogP contribution in [0.5, 0.6) is 0 Å². The Kier molecular flexibility index (Phi) is 4.46. The molecule has 0 spiro atoms. The first-order valence-corrected chi connectivity index (χ1v) is 9.33.